The predicted octanol–water partition coefficient (Wildman–Crippen LogP) is 1.13. The first kappa shape index (κ1) is 15.3. The number of carbonyl (C=O) groups is 2. The van der Waals surface area contributed by atoms with Crippen LogP contribution in [0, 0.1) is 0 Å². The molecule has 1 unspecified atom stereocenters. The minimum atomic E-state index is -1.33. The first-order chi connectivity index (χ1) is 9.88. The maximum atomic E-state index is 11.1. The number of benzene rings is 1. The normalized spacial score (nSPS) is 15.7. The molecule has 1 atom stereocenters. The maximum absolute atomic E-state index is 11.1. The van der Waals surface area contributed by atoms with E-state index in [1.54, 1.807) is 12.1 Å². The third kappa shape index (κ3) is 3.53. The molecule has 0 saturated carbocycles. The third-order valence-electron chi connectivity index (χ3n) is 3.38. The van der Waals surface area contributed by atoms with Crippen molar-refractivity contribution < 1.29 is 19.8 Å². The Balaban J connectivity index is 2.18. The largest absolute Gasteiger partial charge is 0.478 e. The summed E-state index contributed by atoms with van der Waals surface area (Å²) in [6, 6.07) is 4.63. The molecular formula is C14H15ClN2O4. The molecule has 0 fully saturated rings. The Kier molecular flexibility index (Phi) is 4.50. The first-order valence-corrected chi connectivity index (χ1v) is 6.73. The van der Waals surface area contributed by atoms with Gasteiger partial charge in [0.15, 0.2) is 0 Å². The summed E-state index contributed by atoms with van der Waals surface area (Å²) in [5.74, 6) is -2.65. The van der Waals surface area contributed by atoms with Gasteiger partial charge >= 0.3 is 11.9 Å². The zero-order chi connectivity index (χ0) is 15.6. The van der Waals surface area contributed by atoms with Crippen LogP contribution in [0.5, 0.6) is 0 Å². The van der Waals surface area contributed by atoms with Gasteiger partial charge in [0.05, 0.1) is 11.6 Å². The number of aliphatic carboxylic acids is 2. The maximum Gasteiger partial charge on any atom is 0.333 e. The molecule has 1 aromatic carbocycles. The van der Waals surface area contributed by atoms with Gasteiger partial charge in [0.25, 0.3) is 0 Å². The molecule has 2 rings (SSSR count). The fraction of sp³-hybridized carbons (Fsp3) is 0.286. The lowest BCUT2D eigenvalue weighted by Crippen LogP contribution is -2.40. The first-order valence-electron chi connectivity index (χ1n) is 6.35. The molecule has 0 saturated heterocycles. The van der Waals surface area contributed by atoms with Crippen LogP contribution < -0.4 is 10.6 Å². The lowest BCUT2D eigenvalue weighted by Gasteiger charge is -2.24. The summed E-state index contributed by atoms with van der Waals surface area (Å²) in [6.07, 6.45) is 1.46. The number of fused-ring (bicyclic) bond motifs is 1. The molecule has 0 bridgehead atoms. The summed E-state index contributed by atoms with van der Waals surface area (Å²) in [6.45, 7) is 0.919. The number of hydrogen-bond donors (Lipinski definition) is 3. The molecule has 0 aliphatic carbocycles. The molecule has 21 heavy (non-hydrogen) atoms. The number of carboxylic acids is 2. The minimum Gasteiger partial charge on any atom is -0.478 e. The Morgan fingerprint density at radius 2 is 2.14 bits per heavy atom. The van der Waals surface area contributed by atoms with E-state index >= 15 is 0 Å². The van der Waals surface area contributed by atoms with Crippen molar-refractivity contribution in [2.75, 3.05) is 18.0 Å². The van der Waals surface area contributed by atoms with Gasteiger partial charge in [-0.2, -0.15) is 0 Å². The van der Waals surface area contributed by atoms with Gasteiger partial charge in [0.1, 0.15) is 0 Å². The van der Waals surface area contributed by atoms with Crippen LogP contribution in [0.15, 0.2) is 29.8 Å². The van der Waals surface area contributed by atoms with Gasteiger partial charge in [0.2, 0.25) is 0 Å². The number of rotatable bonds is 5. The lowest BCUT2D eigenvalue weighted by atomic mass is 10.1. The summed E-state index contributed by atoms with van der Waals surface area (Å²) in [7, 11) is 0. The van der Waals surface area contributed by atoms with E-state index in [4.69, 9.17) is 27.5 Å². The van der Waals surface area contributed by atoms with Crippen LogP contribution in [0.25, 0.3) is 0 Å². The zero-order valence-electron chi connectivity index (χ0n) is 11.1. The third-order valence-corrected chi connectivity index (χ3v) is 3.62. The number of carboxylic acid groups (broad SMARTS) is 2. The number of nitrogens with zero attached hydrogens (tertiary/aromatic N) is 1. The van der Waals surface area contributed by atoms with Crippen molar-refractivity contribution in [1.82, 2.24) is 0 Å². The van der Waals surface area contributed by atoms with Crippen molar-refractivity contribution in [3.05, 3.63) is 40.4 Å². The van der Waals surface area contributed by atoms with Crippen LogP contribution in [-0.4, -0.2) is 41.3 Å². The van der Waals surface area contributed by atoms with E-state index in [-0.39, 0.29) is 12.1 Å². The molecular weight excluding hydrogens is 296 g/mol. The molecule has 112 valence electrons. The zero-order valence-corrected chi connectivity index (χ0v) is 11.9. The molecule has 1 heterocycles. The summed E-state index contributed by atoms with van der Waals surface area (Å²) in [5, 5.41) is 18.4. The van der Waals surface area contributed by atoms with Crippen LogP contribution in [0.4, 0.5) is 5.69 Å². The standard InChI is InChI=1S/C14H15ClN2O4/c15-9-2-1-8-3-4-17(12(8)5-9)7-11(16)10(14(20)21)6-13(18)19/h1-2,5-6,11H,3-4,7,16H2,(H,18,19)(H,20,21). The number of hydrogen-bond acceptors (Lipinski definition) is 4. The molecule has 0 spiro atoms. The van der Waals surface area contributed by atoms with Gasteiger partial charge in [-0.25, -0.2) is 9.59 Å². The van der Waals surface area contributed by atoms with E-state index in [1.165, 1.54) is 0 Å². The number of halogens is 1. The summed E-state index contributed by atoms with van der Waals surface area (Å²) < 4.78 is 0. The van der Waals surface area contributed by atoms with Crippen molar-refractivity contribution in [2.45, 2.75) is 12.5 Å². The second-order valence-electron chi connectivity index (χ2n) is 4.82. The molecule has 6 nitrogen and oxygen atoms in total. The second-order valence-corrected chi connectivity index (χ2v) is 5.26. The molecule has 0 aromatic heterocycles. The summed E-state index contributed by atoms with van der Waals surface area (Å²) in [5.41, 5.74) is 7.56. The molecule has 7 heteroatoms. The van der Waals surface area contributed by atoms with Crippen molar-refractivity contribution in [3.8, 4) is 0 Å². The van der Waals surface area contributed by atoms with Crippen molar-refractivity contribution >= 4 is 29.2 Å². The van der Waals surface area contributed by atoms with Crippen LogP contribution in [0.2, 0.25) is 5.02 Å². The van der Waals surface area contributed by atoms with Gasteiger partial charge in [-0.3, -0.25) is 0 Å². The van der Waals surface area contributed by atoms with Crippen LogP contribution >= 0.6 is 11.6 Å². The van der Waals surface area contributed by atoms with E-state index in [0.717, 1.165) is 17.7 Å². The molecule has 1 aromatic rings. The smallest absolute Gasteiger partial charge is 0.333 e. The van der Waals surface area contributed by atoms with Gasteiger partial charge in [0, 0.05) is 29.9 Å². The lowest BCUT2D eigenvalue weighted by molar-refractivity contribution is -0.135. The summed E-state index contributed by atoms with van der Waals surface area (Å²) >= 11 is 5.97. The Morgan fingerprint density at radius 3 is 2.76 bits per heavy atom. The predicted molar refractivity (Wildman–Crippen MR) is 78.7 cm³/mol. The molecule has 4 N–H and O–H groups in total. The van der Waals surface area contributed by atoms with Crippen molar-refractivity contribution in [3.63, 3.8) is 0 Å². The Morgan fingerprint density at radius 1 is 1.43 bits per heavy atom. The average molecular weight is 311 g/mol. The van der Waals surface area contributed by atoms with E-state index in [2.05, 4.69) is 0 Å². The monoisotopic (exact) mass is 310 g/mol. The fourth-order valence-corrected chi connectivity index (χ4v) is 2.57. The molecule has 1 aliphatic rings. The van der Waals surface area contributed by atoms with E-state index in [0.29, 0.717) is 17.6 Å². The topological polar surface area (TPSA) is 104 Å². The van der Waals surface area contributed by atoms with Crippen LogP contribution in [0.3, 0.4) is 0 Å². The Bertz CT molecular complexity index is 615. The highest BCUT2D eigenvalue weighted by Gasteiger charge is 2.25. The highest BCUT2D eigenvalue weighted by atomic mass is 35.5. The fourth-order valence-electron chi connectivity index (χ4n) is 2.40. The highest BCUT2D eigenvalue weighted by Crippen LogP contribution is 2.30. The Hall–Kier alpha value is -2.05. The van der Waals surface area contributed by atoms with Crippen molar-refractivity contribution in [1.29, 1.82) is 0 Å². The van der Waals surface area contributed by atoms with E-state index in [1.807, 2.05) is 11.0 Å². The average Bonchev–Trinajstić information content (AvgIpc) is 2.78. The van der Waals surface area contributed by atoms with Gasteiger partial charge in [-0.1, -0.05) is 17.7 Å². The summed E-state index contributed by atoms with van der Waals surface area (Å²) in [4.78, 5) is 23.7. The quantitative estimate of drug-likeness (QED) is 0.704. The van der Waals surface area contributed by atoms with Gasteiger partial charge in [-0.05, 0) is 24.1 Å². The number of nitrogens with two attached hydrogens (primary N) is 1. The molecule has 0 radical (unpaired) electrons. The van der Waals surface area contributed by atoms with Crippen LogP contribution in [-0.2, 0) is 16.0 Å². The van der Waals surface area contributed by atoms with E-state index in [9.17, 15) is 9.59 Å². The number of anilines is 1. The Labute approximate surface area is 126 Å². The molecule has 0 amide bonds. The van der Waals surface area contributed by atoms with E-state index < -0.39 is 18.0 Å². The minimum absolute atomic E-state index is 0.221. The van der Waals surface area contributed by atoms with Crippen LogP contribution in [0.1, 0.15) is 5.56 Å². The molecule has 1 aliphatic heterocycles. The SMILES string of the molecule is NC(CN1CCc2ccc(Cl)cc21)C(=CC(=O)O)C(=O)O. The van der Waals surface area contributed by atoms with Gasteiger partial charge in [-0.15, -0.1) is 0 Å². The second kappa shape index (κ2) is 6.15. The highest BCUT2D eigenvalue weighted by molar-refractivity contribution is 6.30. The van der Waals surface area contributed by atoms with Crippen molar-refractivity contribution in [2.24, 2.45) is 5.73 Å². The van der Waals surface area contributed by atoms with Gasteiger partial charge < -0.3 is 20.8 Å².